The normalized spacial score (nSPS) is 11.7. The van der Waals surface area contributed by atoms with Gasteiger partial charge in [0.1, 0.15) is 5.01 Å². The molecule has 3 aromatic rings. The molecule has 0 aliphatic carbocycles. The molecule has 3 rings (SSSR count). The van der Waals surface area contributed by atoms with Gasteiger partial charge >= 0.3 is 0 Å². The predicted molar refractivity (Wildman–Crippen MR) is 105 cm³/mol. The van der Waals surface area contributed by atoms with E-state index in [0.29, 0.717) is 13.1 Å². The van der Waals surface area contributed by atoms with Gasteiger partial charge in [0.25, 0.3) is 0 Å². The molecule has 0 radical (unpaired) electrons. The number of guanidine groups is 1. The summed E-state index contributed by atoms with van der Waals surface area (Å²) in [6, 6.07) is 10.2. The molecule has 2 heterocycles. The number of nitrogens with one attached hydrogen (secondary N) is 2. The minimum atomic E-state index is 0.583. The molecular formula is C19H23N5S. The molecule has 0 atom stereocenters. The molecular weight excluding hydrogens is 330 g/mol. The topological polar surface area (TPSA) is 62.2 Å². The van der Waals surface area contributed by atoms with Gasteiger partial charge in [-0.1, -0.05) is 24.3 Å². The van der Waals surface area contributed by atoms with Crippen molar-refractivity contribution >= 4 is 28.2 Å². The smallest absolute Gasteiger partial charge is 0.191 e. The average Bonchev–Trinajstić information content (AvgIpc) is 2.95. The number of thiazole rings is 1. The van der Waals surface area contributed by atoms with Crippen molar-refractivity contribution in [3.8, 4) is 0 Å². The van der Waals surface area contributed by atoms with E-state index in [1.54, 1.807) is 11.3 Å². The Morgan fingerprint density at radius 3 is 2.76 bits per heavy atom. The van der Waals surface area contributed by atoms with Crippen LogP contribution in [-0.4, -0.2) is 22.5 Å². The van der Waals surface area contributed by atoms with Crippen LogP contribution in [0.3, 0.4) is 0 Å². The maximum atomic E-state index is 4.71. The SMILES string of the molecule is CCNC(=NCc1cccc2cccnc12)NCc1nc(C)c(C)s1. The lowest BCUT2D eigenvalue weighted by atomic mass is 10.1. The van der Waals surface area contributed by atoms with Crippen LogP contribution < -0.4 is 10.6 Å². The number of fused-ring (bicyclic) bond motifs is 1. The molecule has 0 saturated heterocycles. The van der Waals surface area contributed by atoms with Gasteiger partial charge in [-0.15, -0.1) is 11.3 Å². The molecule has 0 aliphatic heterocycles. The first-order valence-electron chi connectivity index (χ1n) is 8.45. The third kappa shape index (κ3) is 4.33. The Morgan fingerprint density at radius 1 is 1.16 bits per heavy atom. The Hall–Kier alpha value is -2.47. The summed E-state index contributed by atoms with van der Waals surface area (Å²) in [6.07, 6.45) is 1.83. The van der Waals surface area contributed by atoms with Crippen molar-refractivity contribution in [2.75, 3.05) is 6.54 Å². The summed E-state index contributed by atoms with van der Waals surface area (Å²) < 4.78 is 0. The Bertz CT molecular complexity index is 860. The second-order valence-corrected chi connectivity index (χ2v) is 7.08. The maximum Gasteiger partial charge on any atom is 0.191 e. The lowest BCUT2D eigenvalue weighted by Crippen LogP contribution is -2.36. The van der Waals surface area contributed by atoms with Crippen LogP contribution in [0.25, 0.3) is 10.9 Å². The van der Waals surface area contributed by atoms with Crippen molar-refractivity contribution in [2.45, 2.75) is 33.9 Å². The minimum Gasteiger partial charge on any atom is -0.357 e. The fourth-order valence-corrected chi connectivity index (χ4v) is 3.45. The molecule has 0 unspecified atom stereocenters. The summed E-state index contributed by atoms with van der Waals surface area (Å²) in [5.74, 6) is 0.793. The van der Waals surface area contributed by atoms with E-state index in [9.17, 15) is 0 Å². The summed E-state index contributed by atoms with van der Waals surface area (Å²) in [5.41, 5.74) is 3.23. The highest BCUT2D eigenvalue weighted by Gasteiger charge is 2.06. The molecule has 5 nitrogen and oxygen atoms in total. The zero-order chi connectivity index (χ0) is 17.6. The van der Waals surface area contributed by atoms with Crippen LogP contribution in [0.15, 0.2) is 41.5 Å². The van der Waals surface area contributed by atoms with Gasteiger partial charge in [-0.05, 0) is 32.4 Å². The van der Waals surface area contributed by atoms with Gasteiger partial charge in [-0.3, -0.25) is 4.98 Å². The summed E-state index contributed by atoms with van der Waals surface area (Å²) >= 11 is 1.72. The van der Waals surface area contributed by atoms with E-state index >= 15 is 0 Å². The van der Waals surface area contributed by atoms with E-state index in [1.165, 1.54) is 4.88 Å². The van der Waals surface area contributed by atoms with E-state index in [4.69, 9.17) is 4.99 Å². The Morgan fingerprint density at radius 2 is 2.00 bits per heavy atom. The van der Waals surface area contributed by atoms with E-state index in [0.717, 1.165) is 39.7 Å². The third-order valence-corrected chi connectivity index (χ3v) is 5.02. The largest absolute Gasteiger partial charge is 0.357 e. The van der Waals surface area contributed by atoms with Gasteiger partial charge < -0.3 is 10.6 Å². The lowest BCUT2D eigenvalue weighted by Gasteiger charge is -2.10. The fraction of sp³-hybridized carbons (Fsp3) is 0.316. The predicted octanol–water partition coefficient (Wildman–Crippen LogP) is 3.56. The molecule has 0 spiro atoms. The highest BCUT2D eigenvalue weighted by atomic mass is 32.1. The van der Waals surface area contributed by atoms with Crippen LogP contribution in [0.4, 0.5) is 0 Å². The molecule has 0 saturated carbocycles. The molecule has 0 fully saturated rings. The molecule has 0 bridgehead atoms. The molecule has 1 aromatic carbocycles. The van der Waals surface area contributed by atoms with Crippen LogP contribution >= 0.6 is 11.3 Å². The van der Waals surface area contributed by atoms with Gasteiger partial charge in [0.15, 0.2) is 5.96 Å². The molecule has 2 N–H and O–H groups in total. The summed E-state index contributed by atoms with van der Waals surface area (Å²) in [4.78, 5) is 15.0. The van der Waals surface area contributed by atoms with Gasteiger partial charge in [0.05, 0.1) is 24.3 Å². The van der Waals surface area contributed by atoms with Crippen molar-refractivity contribution in [2.24, 2.45) is 4.99 Å². The van der Waals surface area contributed by atoms with Crippen molar-refractivity contribution in [3.05, 3.63) is 57.7 Å². The standard InChI is InChI=1S/C19H23N5S/c1-4-20-19(23-12-17-24-13(2)14(3)25-17)22-11-16-8-5-7-15-9-6-10-21-18(15)16/h5-10H,4,11-12H2,1-3H3,(H2,20,22,23). The molecule has 25 heavy (non-hydrogen) atoms. The minimum absolute atomic E-state index is 0.583. The monoisotopic (exact) mass is 353 g/mol. The molecule has 2 aromatic heterocycles. The van der Waals surface area contributed by atoms with E-state index in [1.807, 2.05) is 19.2 Å². The van der Waals surface area contributed by atoms with Crippen molar-refractivity contribution in [1.82, 2.24) is 20.6 Å². The highest BCUT2D eigenvalue weighted by Crippen LogP contribution is 2.17. The molecule has 6 heteroatoms. The molecule has 0 aliphatic rings. The average molecular weight is 353 g/mol. The maximum absolute atomic E-state index is 4.71. The van der Waals surface area contributed by atoms with Gasteiger partial charge in [0, 0.05) is 23.0 Å². The molecule has 0 amide bonds. The number of benzene rings is 1. The third-order valence-electron chi connectivity index (χ3n) is 3.95. The van der Waals surface area contributed by atoms with Crippen molar-refractivity contribution in [1.29, 1.82) is 0 Å². The summed E-state index contributed by atoms with van der Waals surface area (Å²) in [5, 5.41) is 8.87. The quantitative estimate of drug-likeness (QED) is 0.544. The second-order valence-electron chi connectivity index (χ2n) is 5.79. The van der Waals surface area contributed by atoms with Crippen LogP contribution in [0, 0.1) is 13.8 Å². The van der Waals surface area contributed by atoms with Crippen LogP contribution in [0.1, 0.15) is 28.1 Å². The zero-order valence-corrected chi connectivity index (χ0v) is 15.7. The Labute approximate surface area is 152 Å². The van der Waals surface area contributed by atoms with Gasteiger partial charge in [0.2, 0.25) is 0 Å². The van der Waals surface area contributed by atoms with Crippen molar-refractivity contribution in [3.63, 3.8) is 0 Å². The van der Waals surface area contributed by atoms with E-state index in [2.05, 4.69) is 58.7 Å². The molecule has 130 valence electrons. The first-order chi connectivity index (χ1) is 12.2. The van der Waals surface area contributed by atoms with E-state index < -0.39 is 0 Å². The number of nitrogens with zero attached hydrogens (tertiary/aromatic N) is 3. The highest BCUT2D eigenvalue weighted by molar-refractivity contribution is 7.11. The number of aliphatic imine (C=N–C) groups is 1. The van der Waals surface area contributed by atoms with Crippen LogP contribution in [0.2, 0.25) is 0 Å². The number of hydrogen-bond acceptors (Lipinski definition) is 4. The second kappa shape index (κ2) is 8.07. The number of aryl methyl sites for hydroxylation is 2. The lowest BCUT2D eigenvalue weighted by molar-refractivity contribution is 0.810. The van der Waals surface area contributed by atoms with Crippen molar-refractivity contribution < 1.29 is 0 Å². The summed E-state index contributed by atoms with van der Waals surface area (Å²) in [7, 11) is 0. The van der Waals surface area contributed by atoms with Gasteiger partial charge in [-0.2, -0.15) is 0 Å². The first-order valence-corrected chi connectivity index (χ1v) is 9.26. The number of para-hydroxylation sites is 1. The summed E-state index contributed by atoms with van der Waals surface area (Å²) in [6.45, 7) is 8.29. The zero-order valence-electron chi connectivity index (χ0n) is 14.8. The Balaban J connectivity index is 1.73. The van der Waals surface area contributed by atoms with Crippen LogP contribution in [0.5, 0.6) is 0 Å². The first kappa shape index (κ1) is 17.4. The number of rotatable bonds is 5. The van der Waals surface area contributed by atoms with Crippen LogP contribution in [-0.2, 0) is 13.1 Å². The number of hydrogen-bond donors (Lipinski definition) is 2. The number of aromatic nitrogens is 2. The van der Waals surface area contributed by atoms with Gasteiger partial charge in [-0.25, -0.2) is 9.98 Å². The fourth-order valence-electron chi connectivity index (χ4n) is 2.58. The van der Waals surface area contributed by atoms with E-state index in [-0.39, 0.29) is 0 Å². The number of pyridine rings is 1. The Kier molecular flexibility index (Phi) is 5.60.